The summed E-state index contributed by atoms with van der Waals surface area (Å²) >= 11 is 10.7. The third-order valence-electron chi connectivity index (χ3n) is 2.79. The summed E-state index contributed by atoms with van der Waals surface area (Å²) in [5.74, 6) is 0.223. The van der Waals surface area contributed by atoms with Gasteiger partial charge in [-0.2, -0.15) is 0 Å². The van der Waals surface area contributed by atoms with E-state index in [4.69, 9.17) is 17.3 Å². The highest BCUT2D eigenvalue weighted by Crippen LogP contribution is 2.28. The van der Waals surface area contributed by atoms with Gasteiger partial charge in [-0.25, -0.2) is 0 Å². The molecule has 0 fully saturated rings. The van der Waals surface area contributed by atoms with Gasteiger partial charge in [0.25, 0.3) is 0 Å². The molecule has 0 aliphatic heterocycles. The van der Waals surface area contributed by atoms with Crippen LogP contribution in [0, 0.1) is 6.92 Å². The standard InChI is InChI=1S/C15H14BrClN2OS/c1-9-6-11(17)3-4-13(9)19-15(20)8-21-14-5-2-10(16)7-12(14)18/h2-7H,8,18H2,1H3,(H,19,20). The Morgan fingerprint density at radius 3 is 2.76 bits per heavy atom. The van der Waals surface area contributed by atoms with Crippen LogP contribution >= 0.6 is 39.3 Å². The predicted octanol–water partition coefficient (Wildman–Crippen LogP) is 4.72. The summed E-state index contributed by atoms with van der Waals surface area (Å²) in [7, 11) is 0. The normalized spacial score (nSPS) is 10.4. The number of nitrogens with two attached hydrogens (primary N) is 1. The van der Waals surface area contributed by atoms with E-state index in [1.165, 1.54) is 11.8 Å². The summed E-state index contributed by atoms with van der Waals surface area (Å²) in [6.45, 7) is 1.90. The molecular formula is C15H14BrClN2OS. The number of rotatable bonds is 4. The second kappa shape index (κ2) is 7.20. The van der Waals surface area contributed by atoms with E-state index < -0.39 is 0 Å². The molecule has 2 aromatic carbocycles. The third-order valence-corrected chi connectivity index (χ3v) is 4.61. The molecule has 1 amide bonds. The minimum absolute atomic E-state index is 0.0762. The minimum Gasteiger partial charge on any atom is -0.398 e. The van der Waals surface area contributed by atoms with Gasteiger partial charge < -0.3 is 11.1 Å². The molecule has 0 aliphatic rings. The molecule has 2 aromatic rings. The van der Waals surface area contributed by atoms with E-state index in [1.807, 2.05) is 31.2 Å². The number of nitrogens with one attached hydrogen (secondary N) is 1. The van der Waals surface area contributed by atoms with Gasteiger partial charge in [-0.05, 0) is 48.9 Å². The first-order chi connectivity index (χ1) is 9.95. The Bertz CT molecular complexity index is 679. The van der Waals surface area contributed by atoms with Crippen molar-refractivity contribution in [3.8, 4) is 0 Å². The van der Waals surface area contributed by atoms with Crippen LogP contribution in [0.15, 0.2) is 45.8 Å². The van der Waals surface area contributed by atoms with E-state index in [1.54, 1.807) is 12.1 Å². The number of benzene rings is 2. The molecule has 0 bridgehead atoms. The van der Waals surface area contributed by atoms with Crippen LogP contribution in [0.25, 0.3) is 0 Å². The Balaban J connectivity index is 1.96. The summed E-state index contributed by atoms with van der Waals surface area (Å²) in [6, 6.07) is 11.0. The van der Waals surface area contributed by atoms with Crippen LogP contribution in [-0.2, 0) is 4.79 Å². The van der Waals surface area contributed by atoms with E-state index >= 15 is 0 Å². The van der Waals surface area contributed by atoms with Gasteiger partial charge in [0.2, 0.25) is 5.91 Å². The minimum atomic E-state index is -0.0762. The number of hydrogen-bond donors (Lipinski definition) is 2. The van der Waals surface area contributed by atoms with Crippen molar-refractivity contribution in [1.29, 1.82) is 0 Å². The van der Waals surface area contributed by atoms with Crippen LogP contribution < -0.4 is 11.1 Å². The zero-order valence-electron chi connectivity index (χ0n) is 11.3. The van der Waals surface area contributed by atoms with Crippen molar-refractivity contribution < 1.29 is 4.79 Å². The van der Waals surface area contributed by atoms with Crippen LogP contribution in [-0.4, -0.2) is 11.7 Å². The second-order valence-corrected chi connectivity index (χ2v) is 6.85. The Morgan fingerprint density at radius 2 is 2.10 bits per heavy atom. The lowest BCUT2D eigenvalue weighted by molar-refractivity contribution is -0.113. The lowest BCUT2D eigenvalue weighted by atomic mass is 10.2. The van der Waals surface area contributed by atoms with Crippen molar-refractivity contribution in [3.63, 3.8) is 0 Å². The maximum atomic E-state index is 12.0. The van der Waals surface area contributed by atoms with Gasteiger partial charge in [0, 0.05) is 25.8 Å². The van der Waals surface area contributed by atoms with Crippen LogP contribution in [0.3, 0.4) is 0 Å². The molecule has 21 heavy (non-hydrogen) atoms. The first-order valence-electron chi connectivity index (χ1n) is 6.19. The van der Waals surface area contributed by atoms with Crippen LogP contribution in [0.4, 0.5) is 11.4 Å². The number of carbonyl (C=O) groups excluding carboxylic acids is 1. The monoisotopic (exact) mass is 384 g/mol. The highest BCUT2D eigenvalue weighted by molar-refractivity contribution is 9.10. The first kappa shape index (κ1) is 16.2. The number of nitrogen functional groups attached to an aromatic ring is 1. The van der Waals surface area contributed by atoms with Crippen LogP contribution in [0.2, 0.25) is 5.02 Å². The molecular weight excluding hydrogens is 372 g/mol. The molecule has 0 aromatic heterocycles. The van der Waals surface area contributed by atoms with Gasteiger partial charge in [0.05, 0.1) is 5.75 Å². The maximum Gasteiger partial charge on any atom is 0.234 e. The molecule has 0 saturated heterocycles. The average molecular weight is 386 g/mol. The molecule has 0 spiro atoms. The van der Waals surface area contributed by atoms with Crippen molar-refractivity contribution >= 4 is 56.6 Å². The summed E-state index contributed by atoms with van der Waals surface area (Å²) < 4.78 is 0.922. The van der Waals surface area contributed by atoms with E-state index in [9.17, 15) is 4.79 Å². The fourth-order valence-corrected chi connectivity index (χ4v) is 3.10. The molecule has 0 atom stereocenters. The Hall–Kier alpha value is -1.17. The molecule has 3 nitrogen and oxygen atoms in total. The molecule has 6 heteroatoms. The Morgan fingerprint density at radius 1 is 1.33 bits per heavy atom. The first-order valence-corrected chi connectivity index (χ1v) is 8.35. The number of thioether (sulfide) groups is 1. The highest BCUT2D eigenvalue weighted by Gasteiger charge is 2.08. The topological polar surface area (TPSA) is 55.1 Å². The lowest BCUT2D eigenvalue weighted by Crippen LogP contribution is -2.14. The van der Waals surface area contributed by atoms with Crippen molar-refractivity contribution in [1.82, 2.24) is 0 Å². The molecule has 0 radical (unpaired) electrons. The van der Waals surface area contributed by atoms with Crippen LogP contribution in [0.5, 0.6) is 0 Å². The summed E-state index contributed by atoms with van der Waals surface area (Å²) in [5.41, 5.74) is 8.27. The van der Waals surface area contributed by atoms with E-state index in [2.05, 4.69) is 21.2 Å². The summed E-state index contributed by atoms with van der Waals surface area (Å²) in [4.78, 5) is 12.9. The molecule has 0 aliphatic carbocycles. The largest absolute Gasteiger partial charge is 0.398 e. The van der Waals surface area contributed by atoms with Gasteiger partial charge >= 0.3 is 0 Å². The molecule has 2 rings (SSSR count). The molecule has 0 saturated carbocycles. The SMILES string of the molecule is Cc1cc(Cl)ccc1NC(=O)CSc1ccc(Br)cc1N. The second-order valence-electron chi connectivity index (χ2n) is 4.48. The van der Waals surface area contributed by atoms with Crippen molar-refractivity contribution in [2.24, 2.45) is 0 Å². The van der Waals surface area contributed by atoms with Crippen molar-refractivity contribution in [3.05, 3.63) is 51.5 Å². The Kier molecular flexibility index (Phi) is 5.56. The highest BCUT2D eigenvalue weighted by atomic mass is 79.9. The van der Waals surface area contributed by atoms with Gasteiger partial charge in [-0.1, -0.05) is 27.5 Å². The number of aryl methyl sites for hydroxylation is 1. The zero-order chi connectivity index (χ0) is 15.4. The molecule has 110 valence electrons. The third kappa shape index (κ3) is 4.66. The zero-order valence-corrected chi connectivity index (χ0v) is 14.5. The Labute approximate surface area is 141 Å². The molecule has 3 N–H and O–H groups in total. The number of halogens is 2. The smallest absolute Gasteiger partial charge is 0.234 e. The number of hydrogen-bond acceptors (Lipinski definition) is 3. The average Bonchev–Trinajstić information content (AvgIpc) is 2.41. The molecule has 0 heterocycles. The predicted molar refractivity (Wildman–Crippen MR) is 94.1 cm³/mol. The van der Waals surface area contributed by atoms with Gasteiger partial charge in [-0.3, -0.25) is 4.79 Å². The van der Waals surface area contributed by atoms with E-state index in [0.717, 1.165) is 20.6 Å². The van der Waals surface area contributed by atoms with E-state index in [0.29, 0.717) is 16.5 Å². The van der Waals surface area contributed by atoms with Crippen molar-refractivity contribution in [2.75, 3.05) is 16.8 Å². The number of anilines is 2. The summed E-state index contributed by atoms with van der Waals surface area (Å²) in [5, 5.41) is 3.53. The number of amides is 1. The number of carbonyl (C=O) groups is 1. The fourth-order valence-electron chi connectivity index (χ4n) is 1.75. The van der Waals surface area contributed by atoms with Crippen molar-refractivity contribution in [2.45, 2.75) is 11.8 Å². The van der Waals surface area contributed by atoms with Gasteiger partial charge in [-0.15, -0.1) is 11.8 Å². The van der Waals surface area contributed by atoms with Gasteiger partial charge in [0.15, 0.2) is 0 Å². The molecule has 0 unspecified atom stereocenters. The van der Waals surface area contributed by atoms with Gasteiger partial charge in [0.1, 0.15) is 0 Å². The summed E-state index contributed by atoms with van der Waals surface area (Å²) in [6.07, 6.45) is 0. The lowest BCUT2D eigenvalue weighted by Gasteiger charge is -2.09. The fraction of sp³-hybridized carbons (Fsp3) is 0.133. The quantitative estimate of drug-likeness (QED) is 0.591. The van der Waals surface area contributed by atoms with Crippen LogP contribution in [0.1, 0.15) is 5.56 Å². The maximum absolute atomic E-state index is 12.0. The van der Waals surface area contributed by atoms with E-state index in [-0.39, 0.29) is 5.91 Å².